The smallest absolute Gasteiger partial charge is 0.219 e. The van der Waals surface area contributed by atoms with E-state index in [2.05, 4.69) is 41.4 Å². The summed E-state index contributed by atoms with van der Waals surface area (Å²) in [5.41, 5.74) is 2.48. The molecule has 5 atom stereocenters. The second kappa shape index (κ2) is 7.87. The molecule has 0 radical (unpaired) electrons. The molecule has 1 saturated heterocycles. The second-order valence-corrected chi connectivity index (χ2v) is 10.4. The third-order valence-corrected chi connectivity index (χ3v) is 8.56. The lowest BCUT2D eigenvalue weighted by atomic mass is 9.58. The Bertz CT molecular complexity index is 989. The average Bonchev–Trinajstić information content (AvgIpc) is 3.48. The highest BCUT2D eigenvalue weighted by molar-refractivity contribution is 5.76. The maximum absolute atomic E-state index is 12.5. The quantitative estimate of drug-likeness (QED) is 0.743. The molecule has 0 unspecified atom stereocenters. The molecular weight excluding hydrogens is 404 g/mol. The Morgan fingerprint density at radius 1 is 1.38 bits per heavy atom. The van der Waals surface area contributed by atoms with Gasteiger partial charge in [-0.15, -0.1) is 0 Å². The van der Waals surface area contributed by atoms with Crippen molar-refractivity contribution in [3.8, 4) is 5.75 Å². The first kappa shape index (κ1) is 21.4. The number of nitrogens with one attached hydrogen (secondary N) is 1. The van der Waals surface area contributed by atoms with Crippen molar-refractivity contribution in [3.05, 3.63) is 42.0 Å². The van der Waals surface area contributed by atoms with Crippen LogP contribution in [0, 0.1) is 22.7 Å². The van der Waals surface area contributed by atoms with E-state index in [4.69, 9.17) is 9.47 Å². The summed E-state index contributed by atoms with van der Waals surface area (Å²) in [7, 11) is 1.70. The van der Waals surface area contributed by atoms with Gasteiger partial charge in [0.05, 0.1) is 19.8 Å². The van der Waals surface area contributed by atoms with Gasteiger partial charge in [0.1, 0.15) is 18.4 Å². The molecule has 1 aromatic heterocycles. The summed E-state index contributed by atoms with van der Waals surface area (Å²) in [6.07, 6.45) is 7.18. The number of rotatable bonds is 6. The topological polar surface area (TPSA) is 78.3 Å². The third kappa shape index (κ3) is 3.24. The van der Waals surface area contributed by atoms with Crippen LogP contribution in [-0.4, -0.2) is 40.4 Å². The molecule has 3 aliphatic rings. The fourth-order valence-corrected chi connectivity index (χ4v) is 6.97. The van der Waals surface area contributed by atoms with Gasteiger partial charge in [-0.05, 0) is 59.6 Å². The zero-order valence-electron chi connectivity index (χ0n) is 19.5. The zero-order chi connectivity index (χ0) is 22.5. The van der Waals surface area contributed by atoms with Crippen molar-refractivity contribution in [2.45, 2.75) is 65.1 Å². The normalized spacial score (nSPS) is 32.5. The van der Waals surface area contributed by atoms with E-state index in [1.807, 2.05) is 13.0 Å². The minimum atomic E-state index is 0.0336. The lowest BCUT2D eigenvalue weighted by Gasteiger charge is -2.53. The molecule has 1 spiro atoms. The average molecular weight is 439 g/mol. The first-order valence-corrected chi connectivity index (χ1v) is 11.8. The monoisotopic (exact) mass is 438 g/mol. The van der Waals surface area contributed by atoms with E-state index in [0.717, 1.165) is 30.8 Å². The van der Waals surface area contributed by atoms with Crippen LogP contribution in [0.1, 0.15) is 63.7 Å². The molecule has 7 nitrogen and oxygen atoms in total. The minimum Gasteiger partial charge on any atom is -0.496 e. The van der Waals surface area contributed by atoms with Gasteiger partial charge >= 0.3 is 0 Å². The summed E-state index contributed by atoms with van der Waals surface area (Å²) in [6, 6.07) is 6.59. The predicted octanol–water partition coefficient (Wildman–Crippen LogP) is 3.74. The number of hydrogen-bond acceptors (Lipinski definition) is 5. The van der Waals surface area contributed by atoms with Gasteiger partial charge in [-0.2, -0.15) is 5.10 Å². The van der Waals surface area contributed by atoms with E-state index in [1.54, 1.807) is 24.4 Å². The highest BCUT2D eigenvalue weighted by atomic mass is 16.5. The zero-order valence-corrected chi connectivity index (χ0v) is 19.5. The number of carbonyl (C=O) groups is 1. The molecule has 1 aromatic carbocycles. The molecular formula is C25H34N4O3. The second-order valence-electron chi connectivity index (χ2n) is 10.4. The molecule has 2 saturated carbocycles. The van der Waals surface area contributed by atoms with Crippen LogP contribution in [0.3, 0.4) is 0 Å². The van der Waals surface area contributed by atoms with Crippen molar-refractivity contribution in [1.82, 2.24) is 20.1 Å². The SMILES string of the molecule is CCC(=O)N[C@@H]1C(C)(C)[C@@H]2C[C@@H]3[C@@H](c4ccc(OC)c(Cn5cncn5)c4)OCC[C@@]31C2. The molecule has 2 bridgehead atoms. The summed E-state index contributed by atoms with van der Waals surface area (Å²) in [5, 5.41) is 7.69. The highest BCUT2D eigenvalue weighted by Gasteiger charge is 2.68. The number of methoxy groups -OCH3 is 1. The first-order chi connectivity index (χ1) is 15.4. The number of aromatic nitrogens is 3. The number of carbonyl (C=O) groups excluding carboxylic acids is 1. The number of hydrogen-bond donors (Lipinski definition) is 1. The number of ether oxygens (including phenoxy) is 2. The fraction of sp³-hybridized carbons (Fsp3) is 0.640. The van der Waals surface area contributed by atoms with Crippen LogP contribution in [0.25, 0.3) is 0 Å². The van der Waals surface area contributed by atoms with Crippen LogP contribution in [0.4, 0.5) is 0 Å². The van der Waals surface area contributed by atoms with Gasteiger partial charge in [0.15, 0.2) is 0 Å². The number of fused-ring (bicyclic) bond motifs is 1. The largest absolute Gasteiger partial charge is 0.496 e. The minimum absolute atomic E-state index is 0.0336. The molecule has 1 N–H and O–H groups in total. The number of nitrogens with zero attached hydrogens (tertiary/aromatic N) is 3. The van der Waals surface area contributed by atoms with Gasteiger partial charge in [0.25, 0.3) is 0 Å². The van der Waals surface area contributed by atoms with E-state index in [0.29, 0.717) is 24.8 Å². The van der Waals surface area contributed by atoms with Crippen LogP contribution >= 0.6 is 0 Å². The fourth-order valence-electron chi connectivity index (χ4n) is 6.97. The Morgan fingerprint density at radius 2 is 2.22 bits per heavy atom. The van der Waals surface area contributed by atoms with Gasteiger partial charge in [-0.3, -0.25) is 4.79 Å². The Balaban J connectivity index is 1.48. The van der Waals surface area contributed by atoms with E-state index < -0.39 is 0 Å². The van der Waals surface area contributed by atoms with Gasteiger partial charge in [0, 0.05) is 24.6 Å². The number of benzene rings is 1. The Kier molecular flexibility index (Phi) is 5.27. The molecule has 1 amide bonds. The lowest BCUT2D eigenvalue weighted by Crippen LogP contribution is -2.58. The summed E-state index contributed by atoms with van der Waals surface area (Å²) in [6.45, 7) is 7.96. The standard InChI is InChI=1S/C25H34N4O3/c1-5-21(30)28-23-24(2,3)18-11-19-22(32-9-8-25(19,23)12-18)16-6-7-20(31-4)17(10-16)13-29-15-26-14-27-29/h6-7,10,14-15,18-19,22-23H,5,8-9,11-13H2,1-4H3,(H,28,30)/t18-,19-,22-,23-,25-/m1/s1. The van der Waals surface area contributed by atoms with Crippen molar-refractivity contribution in [1.29, 1.82) is 0 Å². The number of amides is 1. The first-order valence-electron chi connectivity index (χ1n) is 11.8. The van der Waals surface area contributed by atoms with Crippen LogP contribution < -0.4 is 10.1 Å². The molecule has 2 aliphatic carbocycles. The van der Waals surface area contributed by atoms with Crippen molar-refractivity contribution in [2.75, 3.05) is 13.7 Å². The van der Waals surface area contributed by atoms with E-state index in [9.17, 15) is 4.79 Å². The summed E-state index contributed by atoms with van der Waals surface area (Å²) in [5.74, 6) is 2.01. The molecule has 32 heavy (non-hydrogen) atoms. The van der Waals surface area contributed by atoms with Gasteiger partial charge < -0.3 is 14.8 Å². The van der Waals surface area contributed by atoms with E-state index in [-0.39, 0.29) is 28.9 Å². The maximum Gasteiger partial charge on any atom is 0.219 e. The van der Waals surface area contributed by atoms with Crippen molar-refractivity contribution >= 4 is 5.91 Å². The lowest BCUT2D eigenvalue weighted by molar-refractivity contribution is -0.137. The van der Waals surface area contributed by atoms with Gasteiger partial charge in [-0.25, -0.2) is 9.67 Å². The summed E-state index contributed by atoms with van der Waals surface area (Å²) in [4.78, 5) is 16.5. The van der Waals surface area contributed by atoms with Gasteiger partial charge in [0.2, 0.25) is 5.91 Å². The summed E-state index contributed by atoms with van der Waals surface area (Å²) < 4.78 is 13.9. The van der Waals surface area contributed by atoms with E-state index in [1.165, 1.54) is 12.0 Å². The molecule has 5 rings (SSSR count). The van der Waals surface area contributed by atoms with Crippen molar-refractivity contribution in [2.24, 2.45) is 22.7 Å². The molecule has 172 valence electrons. The van der Waals surface area contributed by atoms with Crippen LogP contribution in [0.5, 0.6) is 5.75 Å². The van der Waals surface area contributed by atoms with Crippen LogP contribution in [0.2, 0.25) is 0 Å². The molecule has 2 aromatic rings. The summed E-state index contributed by atoms with van der Waals surface area (Å²) >= 11 is 0. The Morgan fingerprint density at radius 3 is 2.94 bits per heavy atom. The Labute approximate surface area is 189 Å². The Hall–Kier alpha value is -2.41. The van der Waals surface area contributed by atoms with Crippen LogP contribution in [0.15, 0.2) is 30.9 Å². The molecule has 7 heteroatoms. The van der Waals surface area contributed by atoms with Crippen LogP contribution in [-0.2, 0) is 16.1 Å². The van der Waals surface area contributed by atoms with Crippen molar-refractivity contribution in [3.63, 3.8) is 0 Å². The van der Waals surface area contributed by atoms with E-state index >= 15 is 0 Å². The predicted molar refractivity (Wildman–Crippen MR) is 120 cm³/mol. The van der Waals surface area contributed by atoms with Gasteiger partial charge in [-0.1, -0.05) is 26.8 Å². The highest BCUT2D eigenvalue weighted by Crippen LogP contribution is 2.70. The molecule has 1 aliphatic heterocycles. The third-order valence-electron chi connectivity index (χ3n) is 8.56. The molecule has 3 fully saturated rings. The maximum atomic E-state index is 12.5. The van der Waals surface area contributed by atoms with Crippen molar-refractivity contribution < 1.29 is 14.3 Å². The molecule has 2 heterocycles.